The first-order chi connectivity index (χ1) is 27.1. The van der Waals surface area contributed by atoms with Gasteiger partial charge in [0, 0.05) is 36.2 Å². The second-order valence-corrected chi connectivity index (χ2v) is 16.6. The maximum Gasteiger partial charge on any atom is 0.193 e. The van der Waals surface area contributed by atoms with E-state index in [0.717, 1.165) is 58.7 Å². The number of hydrogen-bond acceptors (Lipinski definition) is 6. The van der Waals surface area contributed by atoms with E-state index in [1.54, 1.807) is 0 Å². The van der Waals surface area contributed by atoms with Gasteiger partial charge in [0.15, 0.2) is 5.78 Å². The molecule has 0 unspecified atom stereocenters. The molecular formula is C50H57NO5. The number of ketones is 1. The Bertz CT molecular complexity index is 2110. The maximum atomic E-state index is 14.4. The number of fused-ring (bicyclic) bond motifs is 9. The number of hydrogen-bond donors (Lipinski definition) is 3. The molecular weight excluding hydrogens is 695 g/mol. The molecule has 8 rings (SSSR count). The summed E-state index contributed by atoms with van der Waals surface area (Å²) < 4.78 is 6.01. The molecule has 6 heteroatoms. The van der Waals surface area contributed by atoms with Gasteiger partial charge in [-0.2, -0.15) is 0 Å². The molecule has 56 heavy (non-hydrogen) atoms. The van der Waals surface area contributed by atoms with E-state index >= 15 is 0 Å². The third-order valence-electron chi connectivity index (χ3n) is 12.6. The number of rotatable bonds is 12. The Morgan fingerprint density at radius 2 is 1.62 bits per heavy atom. The molecule has 3 N–H and O–H groups in total. The molecule has 0 radical (unpaired) electrons. The second kappa shape index (κ2) is 17.8. The zero-order chi connectivity index (χ0) is 39.1. The van der Waals surface area contributed by atoms with Gasteiger partial charge in [0.05, 0.1) is 31.0 Å². The van der Waals surface area contributed by atoms with Gasteiger partial charge in [-0.25, -0.2) is 0 Å². The van der Waals surface area contributed by atoms with E-state index in [2.05, 4.69) is 79.4 Å². The minimum atomic E-state index is -1.13. The first-order valence-corrected chi connectivity index (χ1v) is 20.4. The molecule has 5 atom stereocenters. The molecule has 0 saturated heterocycles. The quantitative estimate of drug-likeness (QED) is 0.0871. The lowest BCUT2D eigenvalue weighted by Crippen LogP contribution is -2.53. The number of aliphatic hydroxyl groups excluding tert-OH is 2. The number of ether oxygens (including phenoxy) is 1. The molecule has 292 valence electrons. The SMILES string of the molecule is CC1=CCC[C@@]2(C)[C@@H](CC[C@@]2(O)CN(Cc2cccc3ccccc23)C[C@@H](O)COCc2ccccc2)c2ccc(cc2C(=O)c2ccccc2)C[C@@H](O)CC1. The van der Waals surface area contributed by atoms with Crippen LogP contribution in [-0.2, 0) is 24.3 Å². The summed E-state index contributed by atoms with van der Waals surface area (Å²) in [7, 11) is 0. The van der Waals surface area contributed by atoms with Crippen LogP contribution in [0.3, 0.4) is 0 Å². The fourth-order valence-electron chi connectivity index (χ4n) is 9.41. The van der Waals surface area contributed by atoms with Crippen LogP contribution in [0.25, 0.3) is 10.8 Å². The van der Waals surface area contributed by atoms with E-state index in [-0.39, 0.29) is 18.3 Å². The summed E-state index contributed by atoms with van der Waals surface area (Å²) >= 11 is 0. The third-order valence-corrected chi connectivity index (χ3v) is 12.6. The van der Waals surface area contributed by atoms with E-state index in [0.29, 0.717) is 56.6 Å². The molecule has 2 bridgehead atoms. The van der Waals surface area contributed by atoms with Crippen molar-refractivity contribution in [2.24, 2.45) is 5.41 Å². The van der Waals surface area contributed by atoms with E-state index in [1.807, 2.05) is 66.7 Å². The van der Waals surface area contributed by atoms with Crippen LogP contribution in [0, 0.1) is 5.41 Å². The molecule has 1 fully saturated rings. The fraction of sp³-hybridized carbons (Fsp3) is 0.380. The lowest BCUT2D eigenvalue weighted by molar-refractivity contribution is -0.0922. The largest absolute Gasteiger partial charge is 0.393 e. The standard InChI is InChI=1S/C50H57NO5/c1-36-13-12-27-49(2)47(45-25-23-38(29-42(52)24-22-36)30-46(45)48(54)40-17-7-4-8-18-40)26-28-50(49,55)35-51(31-41-20-11-19-39-16-9-10-21-44(39)41)32-43(53)34-56-33-37-14-5-3-6-15-37/h3-11,13-21,23,25,30,42-43,47,52-53,55H,12,22,24,26-29,31-35H2,1-2H3/t42-,43+,47-,49-,50+/m0/s1. The predicted molar refractivity (Wildman–Crippen MR) is 225 cm³/mol. The Balaban J connectivity index is 1.24. The first-order valence-electron chi connectivity index (χ1n) is 20.4. The number of carbonyl (C=O) groups is 1. The normalized spacial score (nSPS) is 23.4. The van der Waals surface area contributed by atoms with Crippen molar-refractivity contribution in [3.63, 3.8) is 0 Å². The van der Waals surface area contributed by atoms with Crippen LogP contribution in [0.2, 0.25) is 0 Å². The van der Waals surface area contributed by atoms with Crippen molar-refractivity contribution in [1.29, 1.82) is 0 Å². The maximum absolute atomic E-state index is 14.4. The summed E-state index contributed by atoms with van der Waals surface area (Å²) in [5.74, 6) is -0.127. The highest BCUT2D eigenvalue weighted by Gasteiger charge is 2.57. The van der Waals surface area contributed by atoms with Crippen molar-refractivity contribution in [1.82, 2.24) is 4.90 Å². The Morgan fingerprint density at radius 3 is 2.43 bits per heavy atom. The molecule has 6 nitrogen and oxygen atoms in total. The van der Waals surface area contributed by atoms with Crippen LogP contribution in [0.15, 0.2) is 133 Å². The molecule has 0 amide bonds. The van der Waals surface area contributed by atoms with Gasteiger partial charge in [-0.3, -0.25) is 9.69 Å². The Morgan fingerprint density at radius 1 is 0.893 bits per heavy atom. The van der Waals surface area contributed by atoms with Crippen LogP contribution in [0.4, 0.5) is 0 Å². The van der Waals surface area contributed by atoms with Crippen LogP contribution in [0.5, 0.6) is 0 Å². The first kappa shape index (κ1) is 39.8. The van der Waals surface area contributed by atoms with Gasteiger partial charge in [-0.05, 0) is 96.9 Å². The fourth-order valence-corrected chi connectivity index (χ4v) is 9.41. The van der Waals surface area contributed by atoms with Gasteiger partial charge >= 0.3 is 0 Å². The molecule has 3 aliphatic carbocycles. The summed E-state index contributed by atoms with van der Waals surface area (Å²) in [6.07, 6.45) is 5.71. The van der Waals surface area contributed by atoms with Gasteiger partial charge in [0.25, 0.3) is 0 Å². The zero-order valence-electron chi connectivity index (χ0n) is 32.9. The number of aliphatic hydroxyl groups is 3. The Hall–Kier alpha value is -4.43. The van der Waals surface area contributed by atoms with E-state index < -0.39 is 23.2 Å². The van der Waals surface area contributed by atoms with Crippen LogP contribution >= 0.6 is 0 Å². The third kappa shape index (κ3) is 9.07. The molecule has 0 heterocycles. The highest BCUT2D eigenvalue weighted by atomic mass is 16.5. The van der Waals surface area contributed by atoms with Crippen molar-refractivity contribution in [3.8, 4) is 0 Å². The molecule has 3 aliphatic rings. The second-order valence-electron chi connectivity index (χ2n) is 16.6. The summed E-state index contributed by atoms with van der Waals surface area (Å²) in [4.78, 5) is 16.6. The highest BCUT2D eigenvalue weighted by molar-refractivity contribution is 6.10. The van der Waals surface area contributed by atoms with Gasteiger partial charge in [0.2, 0.25) is 0 Å². The van der Waals surface area contributed by atoms with Crippen molar-refractivity contribution >= 4 is 16.6 Å². The average molecular weight is 752 g/mol. The van der Waals surface area contributed by atoms with Crippen LogP contribution in [-0.4, -0.2) is 63.5 Å². The lowest BCUT2D eigenvalue weighted by atomic mass is 9.64. The van der Waals surface area contributed by atoms with Gasteiger partial charge in [-0.1, -0.05) is 134 Å². The Kier molecular flexibility index (Phi) is 12.6. The van der Waals surface area contributed by atoms with E-state index in [9.17, 15) is 20.1 Å². The molecule has 0 aliphatic heterocycles. The van der Waals surface area contributed by atoms with Crippen LogP contribution < -0.4 is 0 Å². The van der Waals surface area contributed by atoms with Gasteiger partial charge < -0.3 is 20.1 Å². The van der Waals surface area contributed by atoms with Crippen LogP contribution in [0.1, 0.15) is 96.5 Å². The topological polar surface area (TPSA) is 90.2 Å². The summed E-state index contributed by atoms with van der Waals surface area (Å²) in [6, 6.07) is 40.3. The summed E-state index contributed by atoms with van der Waals surface area (Å²) in [6.45, 7) is 6.19. The molecule has 0 spiro atoms. The summed E-state index contributed by atoms with van der Waals surface area (Å²) in [5.41, 5.74) is 4.89. The summed E-state index contributed by atoms with van der Waals surface area (Å²) in [5, 5.41) is 38.1. The minimum absolute atomic E-state index is 0.0335. The van der Waals surface area contributed by atoms with Crippen molar-refractivity contribution < 1.29 is 24.9 Å². The lowest BCUT2D eigenvalue weighted by Gasteiger charge is -2.46. The van der Waals surface area contributed by atoms with Gasteiger partial charge in [-0.15, -0.1) is 0 Å². The Labute approximate surface area is 332 Å². The molecule has 5 aromatic rings. The predicted octanol–water partition coefficient (Wildman–Crippen LogP) is 9.19. The van der Waals surface area contributed by atoms with E-state index in [1.165, 1.54) is 5.57 Å². The molecule has 1 saturated carbocycles. The average Bonchev–Trinajstić information content (AvgIpc) is 3.45. The molecule has 5 aromatic carbocycles. The minimum Gasteiger partial charge on any atom is -0.393 e. The number of allylic oxidation sites excluding steroid dienone is 2. The molecule has 0 aromatic heterocycles. The number of carbonyl (C=O) groups excluding carboxylic acids is 1. The smallest absolute Gasteiger partial charge is 0.193 e. The number of benzene rings is 5. The van der Waals surface area contributed by atoms with Crippen molar-refractivity contribution in [2.75, 3.05) is 19.7 Å². The van der Waals surface area contributed by atoms with E-state index in [4.69, 9.17) is 4.74 Å². The monoisotopic (exact) mass is 751 g/mol. The number of nitrogens with zero attached hydrogens (tertiary/aromatic N) is 1. The van der Waals surface area contributed by atoms with Gasteiger partial charge in [0.1, 0.15) is 0 Å². The zero-order valence-corrected chi connectivity index (χ0v) is 32.9. The van der Waals surface area contributed by atoms with Crippen molar-refractivity contribution in [2.45, 2.75) is 95.7 Å². The highest BCUT2D eigenvalue weighted by Crippen LogP contribution is 2.59. The van der Waals surface area contributed by atoms with Crippen molar-refractivity contribution in [3.05, 3.63) is 166 Å².